The van der Waals surface area contributed by atoms with Crippen molar-refractivity contribution in [1.29, 1.82) is 0 Å². The molecule has 0 bridgehead atoms. The fourth-order valence-electron chi connectivity index (χ4n) is 2.60. The predicted octanol–water partition coefficient (Wildman–Crippen LogP) is 2.33. The summed E-state index contributed by atoms with van der Waals surface area (Å²) in [5.74, 6) is 0.848. The number of hydrogen-bond acceptors (Lipinski definition) is 2. The lowest BCUT2D eigenvalue weighted by molar-refractivity contribution is 0.766. The Balaban J connectivity index is 1.88. The fraction of sp³-hybridized carbons (Fsp3) is 0.444. The lowest BCUT2D eigenvalue weighted by atomic mass is 10.1. The zero-order valence-electron chi connectivity index (χ0n) is 14.6. The van der Waals surface area contributed by atoms with Crippen LogP contribution in [-0.4, -0.2) is 28.8 Å². The molecular formula is C18H27N5. The molecule has 0 fully saturated rings. The summed E-state index contributed by atoms with van der Waals surface area (Å²) in [6, 6.07) is 6.69. The fourth-order valence-corrected chi connectivity index (χ4v) is 2.60. The van der Waals surface area contributed by atoms with Gasteiger partial charge in [0.15, 0.2) is 5.96 Å². The highest BCUT2D eigenvalue weighted by Gasteiger charge is 2.00. The zero-order valence-corrected chi connectivity index (χ0v) is 14.6. The standard InChI is InChI=1S/C18H27N5/c1-5-19-18(21-11-17-12-22-23(4)13-17)20-7-6-16-9-14(2)8-15(3)10-16/h8-10,12-13H,5-7,11H2,1-4H3,(H2,19,20,21). The van der Waals surface area contributed by atoms with Crippen molar-refractivity contribution >= 4 is 5.96 Å². The quantitative estimate of drug-likeness (QED) is 0.636. The molecule has 5 heteroatoms. The number of nitrogens with one attached hydrogen (secondary N) is 2. The summed E-state index contributed by atoms with van der Waals surface area (Å²) in [5, 5.41) is 10.8. The molecule has 0 saturated carbocycles. The van der Waals surface area contributed by atoms with Crippen molar-refractivity contribution in [1.82, 2.24) is 20.4 Å². The topological polar surface area (TPSA) is 54.2 Å². The first-order valence-corrected chi connectivity index (χ1v) is 8.13. The largest absolute Gasteiger partial charge is 0.357 e. The molecule has 0 atom stereocenters. The molecular weight excluding hydrogens is 286 g/mol. The smallest absolute Gasteiger partial charge is 0.191 e. The Morgan fingerprint density at radius 3 is 2.48 bits per heavy atom. The van der Waals surface area contributed by atoms with Crippen LogP contribution < -0.4 is 10.6 Å². The van der Waals surface area contributed by atoms with Crippen LogP contribution >= 0.6 is 0 Å². The van der Waals surface area contributed by atoms with E-state index in [-0.39, 0.29) is 0 Å². The normalized spacial score (nSPS) is 11.6. The van der Waals surface area contributed by atoms with E-state index in [1.54, 1.807) is 4.68 Å². The Bertz CT molecular complexity index is 637. The Morgan fingerprint density at radius 1 is 1.13 bits per heavy atom. The number of aliphatic imine (C=N–C) groups is 1. The molecule has 5 nitrogen and oxygen atoms in total. The van der Waals surface area contributed by atoms with Gasteiger partial charge in [0, 0.05) is 31.9 Å². The van der Waals surface area contributed by atoms with Gasteiger partial charge in [0.05, 0.1) is 12.7 Å². The SMILES string of the molecule is CCNC(=NCc1cnn(C)c1)NCCc1cc(C)cc(C)c1. The third kappa shape index (κ3) is 5.77. The first-order chi connectivity index (χ1) is 11.1. The first kappa shape index (κ1) is 17.1. The van der Waals surface area contributed by atoms with Crippen LogP contribution in [0, 0.1) is 13.8 Å². The van der Waals surface area contributed by atoms with Gasteiger partial charge in [-0.15, -0.1) is 0 Å². The van der Waals surface area contributed by atoms with Crippen molar-refractivity contribution in [3.05, 3.63) is 52.8 Å². The molecule has 2 rings (SSSR count). The molecule has 1 aromatic carbocycles. The summed E-state index contributed by atoms with van der Waals surface area (Å²) in [7, 11) is 1.92. The van der Waals surface area contributed by atoms with Crippen LogP contribution in [0.25, 0.3) is 0 Å². The maximum absolute atomic E-state index is 4.60. The minimum absolute atomic E-state index is 0.632. The highest BCUT2D eigenvalue weighted by atomic mass is 15.2. The van der Waals surface area contributed by atoms with Crippen molar-refractivity contribution < 1.29 is 0 Å². The number of benzene rings is 1. The van der Waals surface area contributed by atoms with Gasteiger partial charge in [-0.2, -0.15) is 5.10 Å². The summed E-state index contributed by atoms with van der Waals surface area (Å²) >= 11 is 0. The van der Waals surface area contributed by atoms with E-state index in [0.717, 1.165) is 31.0 Å². The van der Waals surface area contributed by atoms with Crippen molar-refractivity contribution in [3.8, 4) is 0 Å². The summed E-state index contributed by atoms with van der Waals surface area (Å²) in [5.41, 5.74) is 5.10. The molecule has 0 saturated heterocycles. The number of hydrogen-bond donors (Lipinski definition) is 2. The van der Waals surface area contributed by atoms with Crippen LogP contribution in [0.2, 0.25) is 0 Å². The van der Waals surface area contributed by atoms with Crippen molar-refractivity contribution in [2.75, 3.05) is 13.1 Å². The Kier molecular flexibility index (Phi) is 6.20. The Hall–Kier alpha value is -2.30. The molecule has 0 aliphatic rings. The lowest BCUT2D eigenvalue weighted by Gasteiger charge is -2.11. The maximum atomic E-state index is 4.60. The summed E-state index contributed by atoms with van der Waals surface area (Å²) in [6.45, 7) is 8.70. The summed E-state index contributed by atoms with van der Waals surface area (Å²) in [6.07, 6.45) is 4.82. The average molecular weight is 313 g/mol. The van der Waals surface area contributed by atoms with Gasteiger partial charge in [-0.1, -0.05) is 29.3 Å². The van der Waals surface area contributed by atoms with Crippen LogP contribution in [-0.2, 0) is 20.0 Å². The molecule has 0 aliphatic heterocycles. The molecule has 0 spiro atoms. The first-order valence-electron chi connectivity index (χ1n) is 8.13. The molecule has 124 valence electrons. The summed E-state index contributed by atoms with van der Waals surface area (Å²) in [4.78, 5) is 4.60. The number of aryl methyl sites for hydroxylation is 3. The lowest BCUT2D eigenvalue weighted by Crippen LogP contribution is -2.38. The maximum Gasteiger partial charge on any atom is 0.191 e. The molecule has 23 heavy (non-hydrogen) atoms. The van der Waals surface area contributed by atoms with Gasteiger partial charge in [0.2, 0.25) is 0 Å². The second-order valence-corrected chi connectivity index (χ2v) is 5.89. The number of aromatic nitrogens is 2. The number of rotatable bonds is 6. The predicted molar refractivity (Wildman–Crippen MR) is 95.6 cm³/mol. The van der Waals surface area contributed by atoms with E-state index in [0.29, 0.717) is 6.54 Å². The van der Waals surface area contributed by atoms with E-state index in [1.165, 1.54) is 16.7 Å². The minimum Gasteiger partial charge on any atom is -0.357 e. The van der Waals surface area contributed by atoms with Crippen LogP contribution in [0.5, 0.6) is 0 Å². The van der Waals surface area contributed by atoms with E-state index < -0.39 is 0 Å². The highest BCUT2D eigenvalue weighted by Crippen LogP contribution is 2.09. The molecule has 2 N–H and O–H groups in total. The van der Waals surface area contributed by atoms with Gasteiger partial charge < -0.3 is 10.6 Å². The Morgan fingerprint density at radius 2 is 1.87 bits per heavy atom. The van der Waals surface area contributed by atoms with Crippen molar-refractivity contribution in [2.45, 2.75) is 33.7 Å². The summed E-state index contributed by atoms with van der Waals surface area (Å²) < 4.78 is 1.80. The van der Waals surface area contributed by atoms with E-state index >= 15 is 0 Å². The van der Waals surface area contributed by atoms with E-state index in [2.05, 4.69) is 59.7 Å². The number of nitrogens with zero attached hydrogens (tertiary/aromatic N) is 3. The van der Waals surface area contributed by atoms with Gasteiger partial charge in [-0.3, -0.25) is 4.68 Å². The van der Waals surface area contributed by atoms with E-state index in [4.69, 9.17) is 0 Å². The molecule has 1 heterocycles. The van der Waals surface area contributed by atoms with E-state index in [1.807, 2.05) is 19.4 Å². The monoisotopic (exact) mass is 313 g/mol. The van der Waals surface area contributed by atoms with E-state index in [9.17, 15) is 0 Å². The van der Waals surface area contributed by atoms with Crippen LogP contribution in [0.3, 0.4) is 0 Å². The van der Waals surface area contributed by atoms with Gasteiger partial charge in [0.25, 0.3) is 0 Å². The molecule has 0 aliphatic carbocycles. The van der Waals surface area contributed by atoms with Gasteiger partial charge in [0.1, 0.15) is 0 Å². The van der Waals surface area contributed by atoms with Gasteiger partial charge in [-0.05, 0) is 32.8 Å². The number of guanidine groups is 1. The molecule has 2 aromatic rings. The molecule has 0 radical (unpaired) electrons. The minimum atomic E-state index is 0.632. The third-order valence-corrected chi connectivity index (χ3v) is 3.51. The van der Waals surface area contributed by atoms with Crippen molar-refractivity contribution in [3.63, 3.8) is 0 Å². The Labute approximate surface area is 138 Å². The average Bonchev–Trinajstić information content (AvgIpc) is 2.89. The van der Waals surface area contributed by atoms with Gasteiger partial charge >= 0.3 is 0 Å². The molecule has 0 unspecified atom stereocenters. The third-order valence-electron chi connectivity index (χ3n) is 3.51. The highest BCUT2D eigenvalue weighted by molar-refractivity contribution is 5.79. The van der Waals surface area contributed by atoms with Crippen molar-refractivity contribution in [2.24, 2.45) is 12.0 Å². The van der Waals surface area contributed by atoms with Gasteiger partial charge in [-0.25, -0.2) is 4.99 Å². The molecule has 1 aromatic heterocycles. The van der Waals surface area contributed by atoms with Crippen LogP contribution in [0.4, 0.5) is 0 Å². The second-order valence-electron chi connectivity index (χ2n) is 5.89. The van der Waals surface area contributed by atoms with Crippen LogP contribution in [0.15, 0.2) is 35.6 Å². The van der Waals surface area contributed by atoms with Crippen LogP contribution in [0.1, 0.15) is 29.2 Å². The molecule has 0 amide bonds. The second kappa shape index (κ2) is 8.36. The zero-order chi connectivity index (χ0) is 16.7.